The molecular weight excluding hydrogens is 514 g/mol. The average Bonchev–Trinajstić information content (AvgIpc) is 3.37. The van der Waals surface area contributed by atoms with Crippen molar-refractivity contribution < 1.29 is 32.6 Å². The van der Waals surface area contributed by atoms with Gasteiger partial charge in [0.1, 0.15) is 22.9 Å². The molecule has 200 valence electrons. The number of fused-ring (bicyclic) bond motifs is 2. The van der Waals surface area contributed by atoms with Crippen molar-refractivity contribution in [3.05, 3.63) is 83.3 Å². The second-order valence-corrected chi connectivity index (χ2v) is 8.72. The first-order chi connectivity index (χ1) is 18.6. The van der Waals surface area contributed by atoms with E-state index >= 15 is 0 Å². The highest BCUT2D eigenvalue weighted by molar-refractivity contribution is 5.98. The van der Waals surface area contributed by atoms with Crippen LogP contribution in [0.4, 0.5) is 14.5 Å². The summed E-state index contributed by atoms with van der Waals surface area (Å²) in [7, 11) is 0. The number of benzene rings is 2. The lowest BCUT2D eigenvalue weighted by Crippen LogP contribution is -2.28. The maximum absolute atomic E-state index is 13.2. The van der Waals surface area contributed by atoms with E-state index in [0.29, 0.717) is 29.5 Å². The number of aromatic nitrogens is 3. The molecule has 5 rings (SSSR count). The van der Waals surface area contributed by atoms with Gasteiger partial charge in [0.15, 0.2) is 12.3 Å². The van der Waals surface area contributed by atoms with Crippen molar-refractivity contribution in [2.24, 2.45) is 0 Å². The first-order valence-corrected chi connectivity index (χ1v) is 11.8. The van der Waals surface area contributed by atoms with Crippen LogP contribution in [-0.4, -0.2) is 45.0 Å². The van der Waals surface area contributed by atoms with Gasteiger partial charge < -0.3 is 25.4 Å². The molecule has 11 nitrogen and oxygen atoms in total. The van der Waals surface area contributed by atoms with Crippen molar-refractivity contribution in [1.29, 1.82) is 0 Å². The number of nitrogens with zero attached hydrogens (tertiary/aromatic N) is 3. The quantitative estimate of drug-likeness (QED) is 0.315. The molecule has 0 aliphatic carbocycles. The number of amides is 3. The molecule has 13 heteroatoms. The molecule has 2 aromatic heterocycles. The molecule has 0 unspecified atom stereocenters. The number of anilines is 1. The second-order valence-electron chi connectivity index (χ2n) is 8.72. The molecule has 0 fully saturated rings. The molecule has 0 saturated heterocycles. The molecule has 0 saturated carbocycles. The fourth-order valence-electron chi connectivity index (χ4n) is 3.90. The summed E-state index contributed by atoms with van der Waals surface area (Å²) >= 11 is 0. The summed E-state index contributed by atoms with van der Waals surface area (Å²) in [5, 5.41) is 12.3. The average molecular weight is 536 g/mol. The zero-order valence-electron chi connectivity index (χ0n) is 20.5. The molecule has 0 atom stereocenters. The summed E-state index contributed by atoms with van der Waals surface area (Å²) in [5.41, 5.74) is 2.07. The topological polar surface area (TPSA) is 136 Å². The largest absolute Gasteiger partial charge is 0.482 e. The number of halogens is 2. The van der Waals surface area contributed by atoms with E-state index in [4.69, 9.17) is 4.74 Å². The van der Waals surface area contributed by atoms with Gasteiger partial charge in [-0.3, -0.25) is 14.4 Å². The lowest BCUT2D eigenvalue weighted by Gasteiger charge is -2.18. The number of alkyl halides is 2. The van der Waals surface area contributed by atoms with Crippen molar-refractivity contribution in [3.63, 3.8) is 0 Å². The van der Waals surface area contributed by atoms with E-state index in [0.717, 1.165) is 0 Å². The van der Waals surface area contributed by atoms with Gasteiger partial charge in [0.05, 0.1) is 11.9 Å². The van der Waals surface area contributed by atoms with Gasteiger partial charge in [0, 0.05) is 32.1 Å². The third kappa shape index (κ3) is 6.09. The Kier molecular flexibility index (Phi) is 6.79. The first kappa shape index (κ1) is 25.6. The lowest BCUT2D eigenvalue weighted by molar-refractivity contribution is -0.159. The van der Waals surface area contributed by atoms with E-state index in [1.54, 1.807) is 30.3 Å². The standard InChI is InChI=1S/C26H22F2N6O5/c1-26(27,28)39-17-4-2-3-15(9-17)12-30-25(37)20-11-19(32-22-7-8-31-34(20)22)24(36)29-13-16-5-6-21-18(10-16)33-23(35)14-38-21/h2-11H,12-14H2,1H3,(H,29,36)(H,30,37)(H,33,35). The highest BCUT2D eigenvalue weighted by atomic mass is 19.3. The highest BCUT2D eigenvalue weighted by Crippen LogP contribution is 2.28. The number of ether oxygens (including phenoxy) is 2. The molecule has 3 heterocycles. The summed E-state index contributed by atoms with van der Waals surface area (Å²) < 4.78 is 37.5. The number of hydrogen-bond donors (Lipinski definition) is 3. The molecule has 1 aliphatic rings. The molecule has 0 radical (unpaired) electrons. The minimum atomic E-state index is -3.34. The fourth-order valence-corrected chi connectivity index (χ4v) is 3.90. The molecule has 0 bridgehead atoms. The van der Waals surface area contributed by atoms with Crippen molar-refractivity contribution >= 4 is 29.1 Å². The van der Waals surface area contributed by atoms with Gasteiger partial charge in [-0.05, 0) is 35.4 Å². The summed E-state index contributed by atoms with van der Waals surface area (Å²) in [6.45, 7) is 0.719. The fraction of sp³-hybridized carbons (Fsp3) is 0.192. The molecule has 39 heavy (non-hydrogen) atoms. The highest BCUT2D eigenvalue weighted by Gasteiger charge is 2.23. The van der Waals surface area contributed by atoms with Crippen LogP contribution in [0, 0.1) is 0 Å². The number of nitrogens with one attached hydrogen (secondary N) is 3. The van der Waals surface area contributed by atoms with Gasteiger partial charge in [-0.1, -0.05) is 18.2 Å². The Hall–Kier alpha value is -5.07. The Morgan fingerprint density at radius 1 is 1.08 bits per heavy atom. The number of carbonyl (C=O) groups is 3. The maximum Gasteiger partial charge on any atom is 0.394 e. The van der Waals surface area contributed by atoms with E-state index in [-0.39, 0.29) is 48.4 Å². The molecule has 4 aromatic rings. The Morgan fingerprint density at radius 3 is 2.64 bits per heavy atom. The molecule has 2 aromatic carbocycles. The summed E-state index contributed by atoms with van der Waals surface area (Å²) in [4.78, 5) is 41.8. The van der Waals surface area contributed by atoms with Crippen LogP contribution in [0.3, 0.4) is 0 Å². The third-order valence-corrected chi connectivity index (χ3v) is 5.60. The number of hydrogen-bond acceptors (Lipinski definition) is 7. The minimum Gasteiger partial charge on any atom is -0.482 e. The van der Waals surface area contributed by atoms with Crippen LogP contribution in [0.25, 0.3) is 5.65 Å². The van der Waals surface area contributed by atoms with Crippen LogP contribution in [0.5, 0.6) is 11.5 Å². The molecular formula is C26H22F2N6O5. The maximum atomic E-state index is 13.2. The molecule has 0 spiro atoms. The molecule has 3 N–H and O–H groups in total. The van der Waals surface area contributed by atoms with Gasteiger partial charge in [-0.25, -0.2) is 9.50 Å². The van der Waals surface area contributed by atoms with Crippen molar-refractivity contribution in [2.75, 3.05) is 11.9 Å². The van der Waals surface area contributed by atoms with Gasteiger partial charge in [0.2, 0.25) is 0 Å². The third-order valence-electron chi connectivity index (χ3n) is 5.60. The SMILES string of the molecule is CC(F)(F)Oc1cccc(CNC(=O)c2cc(C(=O)NCc3ccc4c(c3)NC(=O)CO4)nc3ccnn23)c1. The van der Waals surface area contributed by atoms with Crippen LogP contribution in [0.1, 0.15) is 39.0 Å². The molecule has 3 amide bonds. The predicted molar refractivity (Wildman–Crippen MR) is 134 cm³/mol. The van der Waals surface area contributed by atoms with Gasteiger partial charge >= 0.3 is 6.11 Å². The smallest absolute Gasteiger partial charge is 0.394 e. The number of carbonyl (C=O) groups excluding carboxylic acids is 3. The monoisotopic (exact) mass is 536 g/mol. The Bertz CT molecular complexity index is 1580. The first-order valence-electron chi connectivity index (χ1n) is 11.8. The van der Waals surface area contributed by atoms with Crippen LogP contribution in [0.2, 0.25) is 0 Å². The van der Waals surface area contributed by atoms with Crippen molar-refractivity contribution in [3.8, 4) is 11.5 Å². The number of rotatable bonds is 8. The van der Waals surface area contributed by atoms with Crippen LogP contribution in [-0.2, 0) is 17.9 Å². The zero-order chi connectivity index (χ0) is 27.6. The van der Waals surface area contributed by atoms with Crippen molar-refractivity contribution in [2.45, 2.75) is 26.1 Å². The van der Waals surface area contributed by atoms with E-state index in [1.165, 1.54) is 35.0 Å². The Labute approximate surface area is 220 Å². The minimum absolute atomic E-state index is 0.0104. The van der Waals surface area contributed by atoms with Crippen molar-refractivity contribution in [1.82, 2.24) is 25.2 Å². The summed E-state index contributed by atoms with van der Waals surface area (Å²) in [6, 6.07) is 14.0. The lowest BCUT2D eigenvalue weighted by atomic mass is 10.1. The van der Waals surface area contributed by atoms with Crippen LogP contribution >= 0.6 is 0 Å². The zero-order valence-corrected chi connectivity index (χ0v) is 20.5. The van der Waals surface area contributed by atoms with Gasteiger partial charge in [-0.15, -0.1) is 0 Å². The molecule has 1 aliphatic heterocycles. The summed E-state index contributed by atoms with van der Waals surface area (Å²) in [5.74, 6) is -0.860. The van der Waals surface area contributed by atoms with E-state index in [2.05, 4.69) is 30.8 Å². The van der Waals surface area contributed by atoms with E-state index in [9.17, 15) is 23.2 Å². The summed E-state index contributed by atoms with van der Waals surface area (Å²) in [6.07, 6.45) is -1.90. The van der Waals surface area contributed by atoms with Crippen LogP contribution < -0.4 is 25.4 Å². The second kappa shape index (κ2) is 10.4. The van der Waals surface area contributed by atoms with Gasteiger partial charge in [-0.2, -0.15) is 13.9 Å². The predicted octanol–water partition coefficient (Wildman–Crippen LogP) is 2.91. The van der Waals surface area contributed by atoms with Crippen LogP contribution in [0.15, 0.2) is 60.8 Å². The normalized spacial score (nSPS) is 12.7. The van der Waals surface area contributed by atoms with E-state index < -0.39 is 17.9 Å². The van der Waals surface area contributed by atoms with E-state index in [1.807, 2.05) is 0 Å². The van der Waals surface area contributed by atoms with Gasteiger partial charge in [0.25, 0.3) is 17.7 Å². The Balaban J connectivity index is 1.28. The Morgan fingerprint density at radius 2 is 1.85 bits per heavy atom.